The lowest BCUT2D eigenvalue weighted by Crippen LogP contribution is -2.54. The first kappa shape index (κ1) is 42.6. The Bertz CT molecular complexity index is 2510. The number of anilines is 3. The highest BCUT2D eigenvalue weighted by atomic mass is 35.5. The fraction of sp³-hybridized carbons (Fsp3) is 0.442. The number of pyridine rings is 1. The molecular formula is C43H48ClN9O9. The summed E-state index contributed by atoms with van der Waals surface area (Å²) in [6.45, 7) is 6.22. The summed E-state index contributed by atoms with van der Waals surface area (Å²) in [6, 6.07) is 10.8. The zero-order valence-electron chi connectivity index (χ0n) is 34.8. The molecule has 2 aromatic carbocycles. The summed E-state index contributed by atoms with van der Waals surface area (Å²) < 4.78 is 20.3. The SMILES string of the molecule is CNC(=O)COc1cc2cc(Nc3nc(N4CCC(O[C@H]5C[C@H](Oc6ccc7c(c6)C(=O)N(C6CCC(=O)NC6=O)C7=O)CN(C)C5)CC4)ncc3Cl)ccc2n(C(C)C)c1=O. The lowest BCUT2D eigenvalue weighted by atomic mass is 10.0. The van der Waals surface area contributed by atoms with Crippen LogP contribution in [0.4, 0.5) is 17.5 Å². The van der Waals surface area contributed by atoms with E-state index in [1.165, 1.54) is 7.05 Å². The third-order valence-corrected chi connectivity index (χ3v) is 11.8. The van der Waals surface area contributed by atoms with Gasteiger partial charge >= 0.3 is 0 Å². The van der Waals surface area contributed by atoms with Gasteiger partial charge in [0.15, 0.2) is 18.2 Å². The van der Waals surface area contributed by atoms with Gasteiger partial charge in [-0.25, -0.2) is 4.98 Å². The molecule has 3 atom stereocenters. The van der Waals surface area contributed by atoms with E-state index in [4.69, 9.17) is 30.8 Å². The number of rotatable bonds is 12. The highest BCUT2D eigenvalue weighted by Crippen LogP contribution is 2.33. The molecule has 3 saturated heterocycles. The second-order valence-corrected chi connectivity index (χ2v) is 16.7. The van der Waals surface area contributed by atoms with Gasteiger partial charge in [0.25, 0.3) is 23.3 Å². The van der Waals surface area contributed by atoms with Crippen molar-refractivity contribution in [2.24, 2.45) is 0 Å². The summed E-state index contributed by atoms with van der Waals surface area (Å²) in [5.41, 5.74) is 1.43. The van der Waals surface area contributed by atoms with E-state index in [0.717, 1.165) is 29.7 Å². The minimum atomic E-state index is -1.04. The molecule has 3 fully saturated rings. The van der Waals surface area contributed by atoms with Crippen molar-refractivity contribution in [2.45, 2.75) is 76.3 Å². The number of aromatic nitrogens is 3. The van der Waals surface area contributed by atoms with Crippen LogP contribution in [-0.4, -0.2) is 125 Å². The van der Waals surface area contributed by atoms with Crippen LogP contribution < -0.4 is 35.9 Å². The smallest absolute Gasteiger partial charge is 0.293 e. The summed E-state index contributed by atoms with van der Waals surface area (Å²) in [5, 5.41) is 9.08. The minimum absolute atomic E-state index is 0.00116. The Hall–Kier alpha value is -6.11. The number of hydrogen-bond acceptors (Lipinski definition) is 14. The van der Waals surface area contributed by atoms with Gasteiger partial charge < -0.3 is 39.2 Å². The number of ether oxygens (including phenoxy) is 3. The van der Waals surface area contributed by atoms with E-state index in [1.54, 1.807) is 35.0 Å². The maximum atomic E-state index is 13.4. The predicted molar refractivity (Wildman–Crippen MR) is 228 cm³/mol. The summed E-state index contributed by atoms with van der Waals surface area (Å²) in [6.07, 6.45) is 3.48. The van der Waals surface area contributed by atoms with Crippen LogP contribution in [0.3, 0.4) is 0 Å². The lowest BCUT2D eigenvalue weighted by molar-refractivity contribution is -0.136. The van der Waals surface area contributed by atoms with Crippen LogP contribution in [0.15, 0.2) is 53.5 Å². The van der Waals surface area contributed by atoms with Crippen LogP contribution in [0.2, 0.25) is 5.02 Å². The molecule has 4 aliphatic heterocycles. The van der Waals surface area contributed by atoms with E-state index < -0.39 is 29.7 Å². The molecule has 0 radical (unpaired) electrons. The largest absolute Gasteiger partial charge is 0.489 e. The van der Waals surface area contributed by atoms with E-state index in [0.29, 0.717) is 59.8 Å². The third-order valence-electron chi connectivity index (χ3n) is 11.5. The van der Waals surface area contributed by atoms with Gasteiger partial charge in [-0.05, 0) is 82.6 Å². The first-order valence-electron chi connectivity index (χ1n) is 20.7. The Morgan fingerprint density at radius 1 is 0.952 bits per heavy atom. The van der Waals surface area contributed by atoms with Crippen molar-refractivity contribution in [3.05, 3.63) is 75.2 Å². The molecule has 0 bridgehead atoms. The van der Waals surface area contributed by atoms with E-state index in [1.807, 2.05) is 39.1 Å². The number of hydrogen-bond donors (Lipinski definition) is 3. The number of nitrogens with one attached hydrogen (secondary N) is 3. The van der Waals surface area contributed by atoms with Crippen molar-refractivity contribution in [2.75, 3.05) is 57.1 Å². The first-order chi connectivity index (χ1) is 29.8. The Kier molecular flexibility index (Phi) is 12.2. The molecule has 4 aliphatic rings. The third kappa shape index (κ3) is 8.80. The highest BCUT2D eigenvalue weighted by molar-refractivity contribution is 6.33. The van der Waals surface area contributed by atoms with Gasteiger partial charge in [-0.1, -0.05) is 11.6 Å². The topological polar surface area (TPSA) is 207 Å². The normalized spacial score (nSPS) is 21.0. The summed E-state index contributed by atoms with van der Waals surface area (Å²) in [7, 11) is 3.51. The molecule has 62 heavy (non-hydrogen) atoms. The van der Waals surface area contributed by atoms with Crippen molar-refractivity contribution in [3.8, 4) is 11.5 Å². The Morgan fingerprint density at radius 2 is 1.71 bits per heavy atom. The van der Waals surface area contributed by atoms with Crippen LogP contribution >= 0.6 is 11.6 Å². The Labute approximate surface area is 361 Å². The van der Waals surface area contributed by atoms with Gasteiger partial charge in [0.05, 0.1) is 35.0 Å². The maximum absolute atomic E-state index is 13.4. The van der Waals surface area contributed by atoms with E-state index >= 15 is 0 Å². The summed E-state index contributed by atoms with van der Waals surface area (Å²) >= 11 is 6.59. The van der Waals surface area contributed by atoms with Gasteiger partial charge in [0, 0.05) is 63.2 Å². The van der Waals surface area contributed by atoms with Gasteiger partial charge in [-0.3, -0.25) is 39.0 Å². The number of amides is 5. The zero-order chi connectivity index (χ0) is 43.8. The van der Waals surface area contributed by atoms with Gasteiger partial charge in [0.1, 0.15) is 22.9 Å². The van der Waals surface area contributed by atoms with Gasteiger partial charge in [0.2, 0.25) is 17.8 Å². The molecule has 0 saturated carbocycles. The van der Waals surface area contributed by atoms with Gasteiger partial charge in [-0.15, -0.1) is 0 Å². The number of likely N-dealkylation sites (tertiary alicyclic amines) is 1. The molecule has 1 unspecified atom stereocenters. The van der Waals surface area contributed by atoms with E-state index in [2.05, 4.69) is 30.7 Å². The average Bonchev–Trinajstić information content (AvgIpc) is 3.48. The van der Waals surface area contributed by atoms with Crippen molar-refractivity contribution in [1.82, 2.24) is 35.0 Å². The molecule has 326 valence electrons. The van der Waals surface area contributed by atoms with Crippen molar-refractivity contribution < 1.29 is 38.2 Å². The fourth-order valence-corrected chi connectivity index (χ4v) is 8.68. The Morgan fingerprint density at radius 3 is 2.45 bits per heavy atom. The molecular weight excluding hydrogens is 822 g/mol. The molecule has 8 rings (SSSR count). The molecule has 18 nitrogen and oxygen atoms in total. The standard InChI is InChI=1S/C43H48ClN9O9/c1-23(2)52-33-8-5-25(15-24(33)16-35(42(52)59)60-22-37(55)45-3)47-38-32(44)19-46-43(49-38)51-13-11-26(12-14-51)61-28-17-29(21-50(4)20-28)62-27-6-7-30-31(18-27)41(58)53(40(30)57)34-9-10-36(54)48-39(34)56/h5-8,15-16,18-19,23,26,28-29,34H,9-14,17,20-22H2,1-4H3,(H,45,55)(H,46,47,49)(H,48,54,56)/t28-,29-,34?/m0/s1. The van der Waals surface area contributed by atoms with Crippen LogP contribution in [-0.2, 0) is 19.1 Å². The summed E-state index contributed by atoms with van der Waals surface area (Å²) in [4.78, 5) is 90.2. The number of nitrogens with zero attached hydrogens (tertiary/aromatic N) is 6. The minimum Gasteiger partial charge on any atom is -0.489 e. The molecule has 0 spiro atoms. The number of fused-ring (bicyclic) bond motifs is 2. The number of imide groups is 2. The quantitative estimate of drug-likeness (QED) is 0.175. The molecule has 19 heteroatoms. The number of piperidine rings is 3. The Balaban J connectivity index is 0.876. The van der Waals surface area contributed by atoms with E-state index in [-0.39, 0.29) is 72.1 Å². The van der Waals surface area contributed by atoms with Crippen LogP contribution in [0.5, 0.6) is 11.5 Å². The van der Waals surface area contributed by atoms with Crippen molar-refractivity contribution in [1.29, 1.82) is 0 Å². The number of halogens is 1. The maximum Gasteiger partial charge on any atom is 0.293 e. The molecule has 0 aliphatic carbocycles. The molecule has 6 heterocycles. The summed E-state index contributed by atoms with van der Waals surface area (Å²) in [5.74, 6) is -1.12. The van der Waals surface area contributed by atoms with E-state index in [9.17, 15) is 28.8 Å². The second kappa shape index (κ2) is 17.7. The first-order valence-corrected chi connectivity index (χ1v) is 21.1. The number of carbonyl (C=O) groups is 5. The average molecular weight is 870 g/mol. The molecule has 3 N–H and O–H groups in total. The molecule has 5 amide bonds. The van der Waals surface area contributed by atoms with Crippen LogP contribution in [0.25, 0.3) is 10.9 Å². The lowest BCUT2D eigenvalue weighted by Gasteiger charge is -2.39. The number of benzene rings is 2. The molecule has 2 aromatic heterocycles. The van der Waals surface area contributed by atoms with Crippen molar-refractivity contribution in [3.63, 3.8) is 0 Å². The monoisotopic (exact) mass is 869 g/mol. The predicted octanol–water partition coefficient (Wildman–Crippen LogP) is 3.43. The fourth-order valence-electron chi connectivity index (χ4n) is 8.54. The highest BCUT2D eigenvalue weighted by Gasteiger charge is 2.45. The van der Waals surface area contributed by atoms with Crippen molar-refractivity contribution >= 4 is 69.5 Å². The number of likely N-dealkylation sites (N-methyl/N-ethyl adjacent to an activating group) is 2. The van der Waals surface area contributed by atoms with Crippen LogP contribution in [0, 0.1) is 0 Å². The molecule has 4 aromatic rings. The van der Waals surface area contributed by atoms with Crippen LogP contribution in [0.1, 0.15) is 72.7 Å². The number of carbonyl (C=O) groups excluding carboxylic acids is 5. The zero-order valence-corrected chi connectivity index (χ0v) is 35.6. The second-order valence-electron chi connectivity index (χ2n) is 16.3. The van der Waals surface area contributed by atoms with Gasteiger partial charge in [-0.2, -0.15) is 4.98 Å².